The lowest BCUT2D eigenvalue weighted by atomic mass is 10.3. The molecular weight excluding hydrogens is 206 g/mol. The molecule has 0 aliphatic heterocycles. The van der Waals surface area contributed by atoms with Gasteiger partial charge in [-0.1, -0.05) is 0 Å². The van der Waals surface area contributed by atoms with Crippen molar-refractivity contribution in [3.63, 3.8) is 0 Å². The van der Waals surface area contributed by atoms with Crippen LogP contribution in [0.15, 0.2) is 24.7 Å². The Hall–Kier alpha value is -2.11. The summed E-state index contributed by atoms with van der Waals surface area (Å²) in [6, 6.07) is 1.43. The molecule has 0 bridgehead atoms. The molecule has 6 heteroatoms. The first-order valence-electron chi connectivity index (χ1n) is 4.98. The second-order valence-electron chi connectivity index (χ2n) is 3.58. The molecule has 0 radical (unpaired) electrons. The van der Waals surface area contributed by atoms with Crippen LogP contribution in [0.4, 0.5) is 5.82 Å². The van der Waals surface area contributed by atoms with Crippen molar-refractivity contribution in [1.82, 2.24) is 20.0 Å². The summed E-state index contributed by atoms with van der Waals surface area (Å²) >= 11 is 0. The van der Waals surface area contributed by atoms with Gasteiger partial charge in [0.25, 0.3) is 0 Å². The van der Waals surface area contributed by atoms with Crippen molar-refractivity contribution in [2.45, 2.75) is 19.9 Å². The number of aromatic nitrogens is 4. The van der Waals surface area contributed by atoms with Gasteiger partial charge in [-0.2, -0.15) is 10.2 Å². The predicted octanol–water partition coefficient (Wildman–Crippen LogP) is 1.11. The number of carbonyl (C=O) groups excluding carboxylic acids is 1. The molecule has 0 aliphatic rings. The Kier molecular flexibility index (Phi) is 2.72. The highest BCUT2D eigenvalue weighted by molar-refractivity contribution is 5.93. The zero-order valence-electron chi connectivity index (χ0n) is 9.14. The van der Waals surface area contributed by atoms with Crippen molar-refractivity contribution in [1.29, 1.82) is 0 Å². The molecule has 2 heterocycles. The van der Waals surface area contributed by atoms with Gasteiger partial charge in [0.1, 0.15) is 11.9 Å². The van der Waals surface area contributed by atoms with Gasteiger partial charge in [0.15, 0.2) is 0 Å². The van der Waals surface area contributed by atoms with Gasteiger partial charge in [0.05, 0.1) is 6.20 Å². The van der Waals surface area contributed by atoms with Crippen LogP contribution in [0.25, 0.3) is 0 Å². The van der Waals surface area contributed by atoms with Crippen LogP contribution in [-0.4, -0.2) is 25.9 Å². The number of aromatic amines is 1. The van der Waals surface area contributed by atoms with E-state index in [-0.39, 0.29) is 11.9 Å². The highest BCUT2D eigenvalue weighted by Gasteiger charge is 2.16. The van der Waals surface area contributed by atoms with Crippen LogP contribution in [-0.2, 0) is 4.79 Å². The quantitative estimate of drug-likeness (QED) is 0.812. The summed E-state index contributed by atoms with van der Waals surface area (Å²) in [4.78, 5) is 11.8. The number of H-pyrrole nitrogens is 1. The highest BCUT2D eigenvalue weighted by Crippen LogP contribution is 2.12. The van der Waals surface area contributed by atoms with E-state index in [1.807, 2.05) is 6.92 Å². The number of nitrogens with zero attached hydrogens (tertiary/aromatic N) is 3. The highest BCUT2D eigenvalue weighted by atomic mass is 16.2. The average Bonchev–Trinajstić information content (AvgIpc) is 2.89. The van der Waals surface area contributed by atoms with Crippen LogP contribution in [0.5, 0.6) is 0 Å². The summed E-state index contributed by atoms with van der Waals surface area (Å²) in [5, 5.41) is 13.3. The molecule has 0 aromatic carbocycles. The predicted molar refractivity (Wildman–Crippen MR) is 58.9 cm³/mol. The summed E-state index contributed by atoms with van der Waals surface area (Å²) in [5.74, 6) is 0.500. The first kappa shape index (κ1) is 10.4. The fourth-order valence-electron chi connectivity index (χ4n) is 1.33. The second kappa shape index (κ2) is 4.18. The van der Waals surface area contributed by atoms with Gasteiger partial charge >= 0.3 is 0 Å². The van der Waals surface area contributed by atoms with Crippen LogP contribution in [0, 0.1) is 6.92 Å². The maximum absolute atomic E-state index is 11.8. The van der Waals surface area contributed by atoms with E-state index < -0.39 is 0 Å². The van der Waals surface area contributed by atoms with Crippen LogP contribution < -0.4 is 5.32 Å². The normalized spacial score (nSPS) is 12.4. The summed E-state index contributed by atoms with van der Waals surface area (Å²) in [5.41, 5.74) is 0.904. The Bertz CT molecular complexity index is 473. The molecule has 0 aliphatic carbocycles. The molecule has 6 nitrogen and oxygen atoms in total. The molecule has 1 unspecified atom stereocenters. The maximum atomic E-state index is 11.8. The summed E-state index contributed by atoms with van der Waals surface area (Å²) < 4.78 is 1.60. The number of carbonyl (C=O) groups is 1. The molecule has 0 saturated heterocycles. The maximum Gasteiger partial charge on any atom is 0.250 e. The average molecular weight is 219 g/mol. The lowest BCUT2D eigenvalue weighted by Crippen LogP contribution is -2.24. The van der Waals surface area contributed by atoms with E-state index in [0.717, 1.165) is 5.56 Å². The molecule has 1 amide bonds. The van der Waals surface area contributed by atoms with Crippen molar-refractivity contribution >= 4 is 11.7 Å². The minimum absolute atomic E-state index is 0.129. The van der Waals surface area contributed by atoms with E-state index >= 15 is 0 Å². The molecule has 0 saturated carbocycles. The topological polar surface area (TPSA) is 75.6 Å². The van der Waals surface area contributed by atoms with Gasteiger partial charge in [-0.25, -0.2) is 0 Å². The zero-order valence-corrected chi connectivity index (χ0v) is 9.14. The Morgan fingerprint density at radius 3 is 3.00 bits per heavy atom. The van der Waals surface area contributed by atoms with Crippen molar-refractivity contribution in [2.24, 2.45) is 0 Å². The summed E-state index contributed by atoms with van der Waals surface area (Å²) in [6.45, 7) is 3.66. The summed E-state index contributed by atoms with van der Waals surface area (Å²) in [7, 11) is 0. The molecule has 2 aromatic heterocycles. The Morgan fingerprint density at radius 2 is 2.44 bits per heavy atom. The molecule has 84 valence electrons. The summed E-state index contributed by atoms with van der Waals surface area (Å²) in [6.07, 6.45) is 5.06. The number of amides is 1. The van der Waals surface area contributed by atoms with Crippen molar-refractivity contribution < 1.29 is 4.79 Å². The van der Waals surface area contributed by atoms with Crippen LogP contribution in [0.1, 0.15) is 18.5 Å². The van der Waals surface area contributed by atoms with Crippen molar-refractivity contribution in [2.75, 3.05) is 5.32 Å². The minimum Gasteiger partial charge on any atom is -0.309 e. The van der Waals surface area contributed by atoms with Gasteiger partial charge in [0.2, 0.25) is 5.91 Å². The third-order valence-corrected chi connectivity index (χ3v) is 2.38. The number of anilines is 1. The van der Waals surface area contributed by atoms with Gasteiger partial charge in [-0.05, 0) is 19.9 Å². The molecule has 0 spiro atoms. The Labute approximate surface area is 92.7 Å². The molecule has 2 aromatic rings. The molecular formula is C10H13N5O. The molecule has 2 rings (SSSR count). The standard InChI is InChI=1S/C10H13N5O/c1-7-6-11-14-9(7)13-10(16)8(2)15-5-3-4-12-15/h3-6,8H,1-2H3,(H2,11,13,14,16). The number of nitrogens with one attached hydrogen (secondary N) is 2. The molecule has 16 heavy (non-hydrogen) atoms. The van der Waals surface area contributed by atoms with Gasteiger partial charge in [-0.15, -0.1) is 0 Å². The molecule has 0 fully saturated rings. The SMILES string of the molecule is Cc1cn[nH]c1NC(=O)C(C)n1cccn1. The Morgan fingerprint density at radius 1 is 1.62 bits per heavy atom. The van der Waals surface area contributed by atoms with Crippen LogP contribution >= 0.6 is 0 Å². The zero-order chi connectivity index (χ0) is 11.5. The van der Waals surface area contributed by atoms with Crippen LogP contribution in [0.3, 0.4) is 0 Å². The van der Waals surface area contributed by atoms with E-state index in [9.17, 15) is 4.79 Å². The van der Waals surface area contributed by atoms with Crippen molar-refractivity contribution in [3.05, 3.63) is 30.2 Å². The smallest absolute Gasteiger partial charge is 0.250 e. The van der Waals surface area contributed by atoms with E-state index in [1.165, 1.54) is 0 Å². The molecule has 1 atom stereocenters. The van der Waals surface area contributed by atoms with Crippen molar-refractivity contribution in [3.8, 4) is 0 Å². The third-order valence-electron chi connectivity index (χ3n) is 2.38. The first-order valence-corrected chi connectivity index (χ1v) is 4.98. The van der Waals surface area contributed by atoms with Gasteiger partial charge < -0.3 is 5.32 Å². The van der Waals surface area contributed by atoms with E-state index in [0.29, 0.717) is 5.82 Å². The monoisotopic (exact) mass is 219 g/mol. The number of aryl methyl sites for hydroxylation is 1. The first-order chi connectivity index (χ1) is 7.68. The van der Waals surface area contributed by atoms with Crippen LogP contribution in [0.2, 0.25) is 0 Å². The lowest BCUT2D eigenvalue weighted by molar-refractivity contribution is -0.119. The second-order valence-corrected chi connectivity index (χ2v) is 3.58. The van der Waals surface area contributed by atoms with E-state index in [1.54, 1.807) is 36.3 Å². The Balaban J connectivity index is 2.07. The molecule has 2 N–H and O–H groups in total. The number of hydrogen-bond donors (Lipinski definition) is 2. The fraction of sp³-hybridized carbons (Fsp3) is 0.300. The van der Waals surface area contributed by atoms with Gasteiger partial charge in [-0.3, -0.25) is 14.6 Å². The number of rotatable bonds is 3. The van der Waals surface area contributed by atoms with E-state index in [2.05, 4.69) is 20.6 Å². The van der Waals surface area contributed by atoms with Gasteiger partial charge in [0, 0.05) is 18.0 Å². The lowest BCUT2D eigenvalue weighted by Gasteiger charge is -2.11. The largest absolute Gasteiger partial charge is 0.309 e. The van der Waals surface area contributed by atoms with E-state index in [4.69, 9.17) is 0 Å². The minimum atomic E-state index is -0.349. The third kappa shape index (κ3) is 1.95. The number of hydrogen-bond acceptors (Lipinski definition) is 3. The fourth-order valence-corrected chi connectivity index (χ4v) is 1.33.